The van der Waals surface area contributed by atoms with Gasteiger partial charge in [0.15, 0.2) is 6.10 Å². The van der Waals surface area contributed by atoms with Crippen LogP contribution in [-0.4, -0.2) is 37.2 Å². The number of carbonyl (C=O) groups is 3. The predicted octanol–water partition coefficient (Wildman–Crippen LogP) is 24.3. The van der Waals surface area contributed by atoms with Crippen molar-refractivity contribution in [3.05, 3.63) is 122 Å². The van der Waals surface area contributed by atoms with Crippen LogP contribution in [0.3, 0.4) is 0 Å². The van der Waals surface area contributed by atoms with Gasteiger partial charge >= 0.3 is 17.9 Å². The number of rotatable bonds is 63. The monoisotopic (exact) mass is 1150 g/mol. The molecule has 0 aromatic carbocycles. The van der Waals surface area contributed by atoms with Crippen molar-refractivity contribution in [3.63, 3.8) is 0 Å². The first kappa shape index (κ1) is 78.8. The Balaban J connectivity index is 4.34. The average Bonchev–Trinajstić information content (AvgIpc) is 3.49. The van der Waals surface area contributed by atoms with E-state index in [4.69, 9.17) is 14.2 Å². The maximum absolute atomic E-state index is 13.0. The highest BCUT2D eigenvalue weighted by atomic mass is 16.6. The SMILES string of the molecule is CC/C=C\C/C=C\C/C=C\C/C=C\CCCCCCCCCCCCC(=O)OC(COC(=O)CCCC/C=C\C/C=C\C/C=C\C/C=C\CC)COC(=O)CCCCCCCCCCCCCCCCC/C=C\C/C=C\CCCCCCC. The molecule has 474 valence electrons. The number of ether oxygens (including phenoxy) is 3. The Kier molecular flexibility index (Phi) is 66.7. The summed E-state index contributed by atoms with van der Waals surface area (Å²) in [7, 11) is 0. The van der Waals surface area contributed by atoms with Crippen LogP contribution in [0.5, 0.6) is 0 Å². The van der Waals surface area contributed by atoms with Gasteiger partial charge in [-0.25, -0.2) is 0 Å². The zero-order chi connectivity index (χ0) is 59.9. The Bertz CT molecular complexity index is 1700. The second kappa shape index (κ2) is 70.3. The fourth-order valence-corrected chi connectivity index (χ4v) is 9.75. The predicted molar refractivity (Wildman–Crippen MR) is 362 cm³/mol. The summed E-state index contributed by atoms with van der Waals surface area (Å²) in [5, 5.41) is 0. The molecule has 0 aliphatic carbocycles. The largest absolute Gasteiger partial charge is 0.462 e. The van der Waals surface area contributed by atoms with Gasteiger partial charge in [0.1, 0.15) is 13.2 Å². The molecule has 0 heterocycles. The van der Waals surface area contributed by atoms with Gasteiger partial charge < -0.3 is 14.2 Å². The molecule has 0 aliphatic rings. The molecule has 0 N–H and O–H groups in total. The molecular formula is C77H130O6. The first-order chi connectivity index (χ1) is 41.0. The molecule has 6 nitrogen and oxygen atoms in total. The Morgan fingerprint density at radius 1 is 0.253 bits per heavy atom. The van der Waals surface area contributed by atoms with Gasteiger partial charge in [-0.05, 0) is 128 Å². The number of carbonyl (C=O) groups excluding carboxylic acids is 3. The van der Waals surface area contributed by atoms with Gasteiger partial charge in [-0.2, -0.15) is 0 Å². The maximum Gasteiger partial charge on any atom is 0.306 e. The minimum Gasteiger partial charge on any atom is -0.462 e. The Morgan fingerprint density at radius 2 is 0.470 bits per heavy atom. The Morgan fingerprint density at radius 3 is 0.759 bits per heavy atom. The van der Waals surface area contributed by atoms with E-state index in [0.29, 0.717) is 19.3 Å². The first-order valence-corrected chi connectivity index (χ1v) is 35.0. The lowest BCUT2D eigenvalue weighted by Crippen LogP contribution is -2.30. The van der Waals surface area contributed by atoms with Crippen molar-refractivity contribution in [3.8, 4) is 0 Å². The minimum absolute atomic E-state index is 0.0935. The number of allylic oxidation sites excluding steroid dienone is 20. The standard InChI is InChI=1S/C77H130O6/c1-4-7-10-13-16-19-22-25-28-30-32-34-36-37-38-39-41-42-44-46-49-52-55-58-61-64-67-70-76(79)82-73-74(72-81-75(78)69-66-63-60-57-54-51-48-27-24-21-18-15-12-9-6-3)83-77(80)71-68-65-62-59-56-53-50-47-45-43-40-35-33-31-29-26-23-20-17-14-11-8-5-2/h8-9,11-12,17-18,20-22,25-27,29-30,32-33,35,48,54,57,74H,4-7,10,13-16,19,23-24,28,31,34,36-47,49-53,55-56,58-73H2,1-3H3/b11-8-,12-9-,20-17-,21-18-,25-22-,29-26-,32-30-,35-33-,48-27-,57-54-. The van der Waals surface area contributed by atoms with Crippen molar-refractivity contribution in [2.24, 2.45) is 0 Å². The molecule has 0 bridgehead atoms. The van der Waals surface area contributed by atoms with Crippen molar-refractivity contribution < 1.29 is 28.6 Å². The van der Waals surface area contributed by atoms with Crippen molar-refractivity contribution in [1.29, 1.82) is 0 Å². The highest BCUT2D eigenvalue weighted by Crippen LogP contribution is 2.17. The topological polar surface area (TPSA) is 78.9 Å². The van der Waals surface area contributed by atoms with E-state index in [2.05, 4.69) is 142 Å². The van der Waals surface area contributed by atoms with E-state index in [1.807, 2.05) is 0 Å². The summed E-state index contributed by atoms with van der Waals surface area (Å²) < 4.78 is 16.9. The lowest BCUT2D eigenvalue weighted by molar-refractivity contribution is -0.167. The first-order valence-electron chi connectivity index (χ1n) is 35.0. The Hall–Kier alpha value is -4.19. The van der Waals surface area contributed by atoms with E-state index in [1.165, 1.54) is 173 Å². The molecule has 0 saturated heterocycles. The second-order valence-electron chi connectivity index (χ2n) is 23.0. The van der Waals surface area contributed by atoms with E-state index in [1.54, 1.807) is 0 Å². The van der Waals surface area contributed by atoms with Crippen LogP contribution in [0, 0.1) is 0 Å². The molecule has 0 aromatic rings. The Labute approximate surface area is 513 Å². The summed E-state index contributed by atoms with van der Waals surface area (Å²) in [5.74, 6) is -0.931. The number of hydrogen-bond acceptors (Lipinski definition) is 6. The third-order valence-electron chi connectivity index (χ3n) is 14.9. The van der Waals surface area contributed by atoms with Crippen molar-refractivity contribution >= 4 is 17.9 Å². The fourth-order valence-electron chi connectivity index (χ4n) is 9.75. The van der Waals surface area contributed by atoms with E-state index in [9.17, 15) is 14.4 Å². The van der Waals surface area contributed by atoms with Gasteiger partial charge in [0.05, 0.1) is 0 Å². The minimum atomic E-state index is -0.802. The van der Waals surface area contributed by atoms with E-state index >= 15 is 0 Å². The quantitative estimate of drug-likeness (QED) is 0.0261. The summed E-state index contributed by atoms with van der Waals surface area (Å²) in [6.07, 6.45) is 98.0. The average molecular weight is 1150 g/mol. The summed E-state index contributed by atoms with van der Waals surface area (Å²) in [5.41, 5.74) is 0. The molecule has 0 rings (SSSR count). The fraction of sp³-hybridized carbons (Fsp3) is 0.701. The third kappa shape index (κ3) is 68.5. The molecule has 0 aromatic heterocycles. The number of unbranched alkanes of at least 4 members (excludes halogenated alkanes) is 32. The normalized spacial score (nSPS) is 12.9. The van der Waals surface area contributed by atoms with Crippen LogP contribution in [0.15, 0.2) is 122 Å². The maximum atomic E-state index is 13.0. The van der Waals surface area contributed by atoms with Gasteiger partial charge in [-0.3, -0.25) is 14.4 Å². The molecule has 1 atom stereocenters. The van der Waals surface area contributed by atoms with Crippen LogP contribution in [0.1, 0.15) is 329 Å². The lowest BCUT2D eigenvalue weighted by atomic mass is 10.0. The molecule has 1 unspecified atom stereocenters. The van der Waals surface area contributed by atoms with Crippen LogP contribution in [0.2, 0.25) is 0 Å². The van der Waals surface area contributed by atoms with E-state index < -0.39 is 6.10 Å². The second-order valence-corrected chi connectivity index (χ2v) is 23.0. The van der Waals surface area contributed by atoms with Crippen LogP contribution in [-0.2, 0) is 28.6 Å². The van der Waals surface area contributed by atoms with Gasteiger partial charge in [0.25, 0.3) is 0 Å². The van der Waals surface area contributed by atoms with Gasteiger partial charge in [-0.1, -0.05) is 303 Å². The van der Waals surface area contributed by atoms with Crippen LogP contribution in [0.4, 0.5) is 0 Å². The van der Waals surface area contributed by atoms with Crippen LogP contribution in [0.25, 0.3) is 0 Å². The summed E-state index contributed by atoms with van der Waals surface area (Å²) in [6, 6.07) is 0. The third-order valence-corrected chi connectivity index (χ3v) is 14.9. The van der Waals surface area contributed by atoms with E-state index in [0.717, 1.165) is 116 Å². The smallest absolute Gasteiger partial charge is 0.306 e. The molecule has 0 amide bonds. The molecule has 0 spiro atoms. The van der Waals surface area contributed by atoms with E-state index in [-0.39, 0.29) is 31.1 Å². The summed E-state index contributed by atoms with van der Waals surface area (Å²) in [6.45, 7) is 6.39. The highest BCUT2D eigenvalue weighted by Gasteiger charge is 2.19. The zero-order valence-electron chi connectivity index (χ0n) is 54.4. The zero-order valence-corrected chi connectivity index (χ0v) is 54.4. The lowest BCUT2D eigenvalue weighted by Gasteiger charge is -2.18. The van der Waals surface area contributed by atoms with Crippen molar-refractivity contribution in [2.45, 2.75) is 335 Å². The van der Waals surface area contributed by atoms with Crippen molar-refractivity contribution in [1.82, 2.24) is 0 Å². The van der Waals surface area contributed by atoms with Gasteiger partial charge in [0, 0.05) is 19.3 Å². The van der Waals surface area contributed by atoms with Crippen LogP contribution >= 0.6 is 0 Å². The summed E-state index contributed by atoms with van der Waals surface area (Å²) >= 11 is 0. The molecule has 83 heavy (non-hydrogen) atoms. The molecule has 0 radical (unpaired) electrons. The summed E-state index contributed by atoms with van der Waals surface area (Å²) in [4.78, 5) is 38.4. The molecule has 0 fully saturated rings. The molecular weight excluding hydrogens is 1020 g/mol. The van der Waals surface area contributed by atoms with Crippen LogP contribution < -0.4 is 0 Å². The molecule has 0 aliphatic heterocycles. The highest BCUT2D eigenvalue weighted by molar-refractivity contribution is 5.71. The van der Waals surface area contributed by atoms with Crippen molar-refractivity contribution in [2.75, 3.05) is 13.2 Å². The molecule has 0 saturated carbocycles. The number of hydrogen-bond donors (Lipinski definition) is 0. The number of esters is 3. The molecule has 6 heteroatoms. The van der Waals surface area contributed by atoms with Gasteiger partial charge in [0.2, 0.25) is 0 Å². The van der Waals surface area contributed by atoms with Gasteiger partial charge in [-0.15, -0.1) is 0 Å².